The summed E-state index contributed by atoms with van der Waals surface area (Å²) in [5.74, 6) is 0. The van der Waals surface area contributed by atoms with Crippen molar-refractivity contribution in [2.24, 2.45) is 0 Å². The Morgan fingerprint density at radius 1 is 1.56 bits per heavy atom. The van der Waals surface area contributed by atoms with E-state index in [0.29, 0.717) is 11.6 Å². The van der Waals surface area contributed by atoms with Gasteiger partial charge in [-0.1, -0.05) is 6.92 Å². The molecule has 1 aromatic carbocycles. The molecule has 2 nitrogen and oxygen atoms in total. The van der Waals surface area contributed by atoms with Crippen LogP contribution in [0.3, 0.4) is 0 Å². The Hall–Kier alpha value is -1.01. The Bertz CT molecular complexity index is 422. The van der Waals surface area contributed by atoms with E-state index in [2.05, 4.69) is 39.9 Å². The average molecular weight is 279 g/mol. The van der Waals surface area contributed by atoms with E-state index in [1.165, 1.54) is 24.9 Å². The van der Waals surface area contributed by atoms with Crippen LogP contribution in [0.2, 0.25) is 0 Å². The number of halogens is 1. The van der Waals surface area contributed by atoms with Gasteiger partial charge in [-0.2, -0.15) is 5.26 Å². The second kappa shape index (κ2) is 4.88. The molecule has 1 atom stereocenters. The van der Waals surface area contributed by atoms with Crippen LogP contribution in [0.1, 0.15) is 31.7 Å². The number of hydrogen-bond acceptors (Lipinski definition) is 2. The molecule has 1 fully saturated rings. The van der Waals surface area contributed by atoms with Crippen molar-refractivity contribution in [2.45, 2.75) is 32.2 Å². The van der Waals surface area contributed by atoms with Crippen molar-refractivity contribution in [1.82, 2.24) is 0 Å². The van der Waals surface area contributed by atoms with Crippen molar-refractivity contribution in [3.63, 3.8) is 0 Å². The molecule has 0 radical (unpaired) electrons. The first kappa shape index (κ1) is 11.5. The summed E-state index contributed by atoms with van der Waals surface area (Å²) in [6, 6.07) is 8.67. The van der Waals surface area contributed by atoms with Gasteiger partial charge in [0.15, 0.2) is 0 Å². The fourth-order valence-corrected chi connectivity index (χ4v) is 2.99. The molecule has 0 N–H and O–H groups in total. The molecule has 0 saturated carbocycles. The van der Waals surface area contributed by atoms with E-state index in [-0.39, 0.29) is 0 Å². The third kappa shape index (κ3) is 2.08. The summed E-state index contributed by atoms with van der Waals surface area (Å²) < 4.78 is 1.03. The first-order valence-corrected chi connectivity index (χ1v) is 6.52. The van der Waals surface area contributed by atoms with Crippen molar-refractivity contribution in [1.29, 1.82) is 5.26 Å². The SMILES string of the molecule is CCC1CCCN1c1ccc(C#N)cc1Br. The van der Waals surface area contributed by atoms with E-state index in [0.717, 1.165) is 11.0 Å². The van der Waals surface area contributed by atoms with Crippen LogP contribution >= 0.6 is 15.9 Å². The number of benzene rings is 1. The van der Waals surface area contributed by atoms with Crippen LogP contribution in [0, 0.1) is 11.3 Å². The van der Waals surface area contributed by atoms with E-state index < -0.39 is 0 Å². The van der Waals surface area contributed by atoms with E-state index >= 15 is 0 Å². The second-order valence-corrected chi connectivity index (χ2v) is 5.03. The Morgan fingerprint density at radius 3 is 3.00 bits per heavy atom. The summed E-state index contributed by atoms with van der Waals surface area (Å²) in [5, 5.41) is 8.83. The van der Waals surface area contributed by atoms with E-state index in [1.807, 2.05) is 12.1 Å². The van der Waals surface area contributed by atoms with Crippen molar-refractivity contribution >= 4 is 21.6 Å². The first-order valence-electron chi connectivity index (χ1n) is 5.72. The molecule has 1 unspecified atom stereocenters. The quantitative estimate of drug-likeness (QED) is 0.825. The minimum atomic E-state index is 0.657. The minimum absolute atomic E-state index is 0.657. The molecule has 0 bridgehead atoms. The Labute approximate surface area is 105 Å². The van der Waals surface area contributed by atoms with Gasteiger partial charge in [-0.15, -0.1) is 0 Å². The molecule has 0 spiro atoms. The van der Waals surface area contributed by atoms with Gasteiger partial charge >= 0.3 is 0 Å². The molecular formula is C13H15BrN2. The summed E-state index contributed by atoms with van der Waals surface area (Å²) in [6.45, 7) is 3.36. The number of anilines is 1. The predicted octanol–water partition coefficient (Wildman–Crippen LogP) is 3.70. The van der Waals surface area contributed by atoms with Gasteiger partial charge < -0.3 is 4.90 Å². The molecule has 1 heterocycles. The second-order valence-electron chi connectivity index (χ2n) is 4.18. The molecule has 3 heteroatoms. The lowest BCUT2D eigenvalue weighted by molar-refractivity contribution is 0.645. The van der Waals surface area contributed by atoms with Gasteiger partial charge in [0.05, 0.1) is 17.3 Å². The van der Waals surface area contributed by atoms with E-state index in [1.54, 1.807) is 0 Å². The maximum absolute atomic E-state index is 8.83. The maximum atomic E-state index is 8.83. The highest BCUT2D eigenvalue weighted by atomic mass is 79.9. The number of hydrogen-bond donors (Lipinski definition) is 0. The van der Waals surface area contributed by atoms with Gasteiger partial charge in [0.1, 0.15) is 0 Å². The molecule has 1 aliphatic heterocycles. The Kier molecular flexibility index (Phi) is 3.50. The topological polar surface area (TPSA) is 27.0 Å². The number of rotatable bonds is 2. The lowest BCUT2D eigenvalue weighted by Crippen LogP contribution is -2.28. The van der Waals surface area contributed by atoms with Crippen molar-refractivity contribution in [2.75, 3.05) is 11.4 Å². The van der Waals surface area contributed by atoms with Gasteiger partial charge in [-0.05, 0) is 53.4 Å². The van der Waals surface area contributed by atoms with Crippen molar-refractivity contribution in [3.8, 4) is 6.07 Å². The van der Waals surface area contributed by atoms with Gasteiger partial charge in [-0.3, -0.25) is 0 Å². The van der Waals surface area contributed by atoms with E-state index in [9.17, 15) is 0 Å². The van der Waals surface area contributed by atoms with E-state index in [4.69, 9.17) is 5.26 Å². The molecule has 0 aromatic heterocycles. The first-order chi connectivity index (χ1) is 7.76. The van der Waals surface area contributed by atoms with Gasteiger partial charge in [-0.25, -0.2) is 0 Å². The van der Waals surface area contributed by atoms with Crippen LogP contribution in [-0.4, -0.2) is 12.6 Å². The summed E-state index contributed by atoms with van der Waals surface area (Å²) >= 11 is 3.56. The number of nitrogens with zero attached hydrogens (tertiary/aromatic N) is 2. The number of nitriles is 1. The highest BCUT2D eigenvalue weighted by Crippen LogP contribution is 2.33. The van der Waals surface area contributed by atoms with Crippen LogP contribution in [0.15, 0.2) is 22.7 Å². The molecule has 1 saturated heterocycles. The van der Waals surface area contributed by atoms with Gasteiger partial charge in [0.25, 0.3) is 0 Å². The smallest absolute Gasteiger partial charge is 0.0992 e. The average Bonchev–Trinajstić information content (AvgIpc) is 2.76. The van der Waals surface area contributed by atoms with Crippen molar-refractivity contribution in [3.05, 3.63) is 28.2 Å². The fourth-order valence-electron chi connectivity index (χ4n) is 2.39. The van der Waals surface area contributed by atoms with Crippen LogP contribution in [0.5, 0.6) is 0 Å². The van der Waals surface area contributed by atoms with Crippen molar-refractivity contribution < 1.29 is 0 Å². The Morgan fingerprint density at radius 2 is 2.38 bits per heavy atom. The lowest BCUT2D eigenvalue weighted by Gasteiger charge is -2.27. The third-order valence-electron chi connectivity index (χ3n) is 3.23. The molecule has 1 aromatic rings. The standard InChI is InChI=1S/C13H15BrN2/c1-2-11-4-3-7-16(11)13-6-5-10(9-15)8-12(13)14/h5-6,8,11H,2-4,7H2,1H3. The molecular weight excluding hydrogens is 264 g/mol. The monoisotopic (exact) mass is 278 g/mol. The molecule has 0 amide bonds. The van der Waals surface area contributed by atoms with Crippen LogP contribution < -0.4 is 4.90 Å². The predicted molar refractivity (Wildman–Crippen MR) is 69.5 cm³/mol. The normalized spacial score (nSPS) is 19.8. The molecule has 2 rings (SSSR count). The zero-order chi connectivity index (χ0) is 11.5. The zero-order valence-electron chi connectivity index (χ0n) is 9.41. The van der Waals surface area contributed by atoms with Crippen LogP contribution in [0.25, 0.3) is 0 Å². The molecule has 1 aliphatic rings. The van der Waals surface area contributed by atoms with Crippen LogP contribution in [0.4, 0.5) is 5.69 Å². The lowest BCUT2D eigenvalue weighted by atomic mass is 10.1. The summed E-state index contributed by atoms with van der Waals surface area (Å²) in [7, 11) is 0. The highest BCUT2D eigenvalue weighted by molar-refractivity contribution is 9.10. The summed E-state index contributed by atoms with van der Waals surface area (Å²) in [5.41, 5.74) is 1.94. The fraction of sp³-hybridized carbons (Fsp3) is 0.462. The summed E-state index contributed by atoms with van der Waals surface area (Å²) in [4.78, 5) is 2.45. The Balaban J connectivity index is 2.30. The molecule has 0 aliphatic carbocycles. The van der Waals surface area contributed by atoms with Gasteiger partial charge in [0, 0.05) is 17.1 Å². The third-order valence-corrected chi connectivity index (χ3v) is 3.87. The minimum Gasteiger partial charge on any atom is -0.368 e. The van der Waals surface area contributed by atoms with Crippen LogP contribution in [-0.2, 0) is 0 Å². The van der Waals surface area contributed by atoms with Gasteiger partial charge in [0.2, 0.25) is 0 Å². The molecule has 84 valence electrons. The highest BCUT2D eigenvalue weighted by Gasteiger charge is 2.24. The summed E-state index contributed by atoms with van der Waals surface area (Å²) in [6.07, 6.45) is 3.74. The zero-order valence-corrected chi connectivity index (χ0v) is 11.0. The largest absolute Gasteiger partial charge is 0.368 e. The maximum Gasteiger partial charge on any atom is 0.0992 e. The molecule has 16 heavy (non-hydrogen) atoms.